The summed E-state index contributed by atoms with van der Waals surface area (Å²) < 4.78 is 13.2. The average Bonchev–Trinajstić information content (AvgIpc) is 2.91. The minimum atomic E-state index is -0.377. The van der Waals surface area contributed by atoms with Crippen LogP contribution in [0, 0.1) is 5.82 Å². The molecule has 0 spiro atoms. The number of pyridine rings is 1. The van der Waals surface area contributed by atoms with Crippen LogP contribution >= 0.6 is 11.6 Å². The zero-order valence-electron chi connectivity index (χ0n) is 10.9. The summed E-state index contributed by atoms with van der Waals surface area (Å²) in [5.74, 6) is 0.509. The first-order valence-corrected chi connectivity index (χ1v) is 6.98. The zero-order chi connectivity index (χ0) is 13.9. The summed E-state index contributed by atoms with van der Waals surface area (Å²) in [5.41, 5.74) is 0.960. The largest absolute Gasteiger partial charge is 0.369 e. The van der Waals surface area contributed by atoms with E-state index in [-0.39, 0.29) is 10.8 Å². The Morgan fingerprint density at radius 1 is 1.30 bits per heavy atom. The summed E-state index contributed by atoms with van der Waals surface area (Å²) in [5, 5.41) is 3.58. The summed E-state index contributed by atoms with van der Waals surface area (Å²) in [4.78, 5) is 6.47. The number of halogens is 2. The first-order valence-electron chi connectivity index (χ1n) is 6.60. The van der Waals surface area contributed by atoms with Gasteiger partial charge in [0.25, 0.3) is 0 Å². The topological polar surface area (TPSA) is 28.2 Å². The molecule has 2 aromatic rings. The van der Waals surface area contributed by atoms with Crippen LogP contribution in [0.15, 0.2) is 42.6 Å². The van der Waals surface area contributed by atoms with E-state index >= 15 is 0 Å². The van der Waals surface area contributed by atoms with Crippen molar-refractivity contribution in [3.05, 3.63) is 53.4 Å². The highest BCUT2D eigenvalue weighted by atomic mass is 35.5. The van der Waals surface area contributed by atoms with Crippen molar-refractivity contribution < 1.29 is 4.39 Å². The van der Waals surface area contributed by atoms with Crippen molar-refractivity contribution in [3.8, 4) is 0 Å². The van der Waals surface area contributed by atoms with Crippen LogP contribution < -0.4 is 10.2 Å². The minimum absolute atomic E-state index is 0.170. The van der Waals surface area contributed by atoms with Gasteiger partial charge in [-0.1, -0.05) is 17.7 Å². The van der Waals surface area contributed by atoms with E-state index in [0.717, 1.165) is 31.0 Å². The van der Waals surface area contributed by atoms with Crippen LogP contribution in [-0.2, 0) is 0 Å². The van der Waals surface area contributed by atoms with Gasteiger partial charge in [0.2, 0.25) is 0 Å². The van der Waals surface area contributed by atoms with E-state index in [0.29, 0.717) is 6.04 Å². The van der Waals surface area contributed by atoms with E-state index in [4.69, 9.17) is 11.6 Å². The Morgan fingerprint density at radius 3 is 2.95 bits per heavy atom. The fraction of sp³-hybridized carbons (Fsp3) is 0.267. The fourth-order valence-electron chi connectivity index (χ4n) is 2.45. The molecule has 1 N–H and O–H groups in total. The maximum absolute atomic E-state index is 13.2. The van der Waals surface area contributed by atoms with Crippen molar-refractivity contribution in [3.63, 3.8) is 0 Å². The van der Waals surface area contributed by atoms with E-state index in [9.17, 15) is 4.39 Å². The second-order valence-electron chi connectivity index (χ2n) is 4.89. The molecule has 2 heterocycles. The van der Waals surface area contributed by atoms with E-state index in [1.807, 2.05) is 18.2 Å². The molecular weight excluding hydrogens is 277 g/mol. The quantitative estimate of drug-likeness (QED) is 0.937. The molecular formula is C15H15ClFN3. The van der Waals surface area contributed by atoms with Crippen molar-refractivity contribution in [1.29, 1.82) is 0 Å². The van der Waals surface area contributed by atoms with Crippen LogP contribution in [0.1, 0.15) is 6.42 Å². The lowest BCUT2D eigenvalue weighted by Crippen LogP contribution is -2.26. The van der Waals surface area contributed by atoms with Crippen LogP contribution in [0.4, 0.5) is 15.9 Å². The van der Waals surface area contributed by atoms with Gasteiger partial charge in [0, 0.05) is 31.0 Å². The predicted molar refractivity (Wildman–Crippen MR) is 79.9 cm³/mol. The predicted octanol–water partition coefficient (Wildman–Crippen LogP) is 3.56. The van der Waals surface area contributed by atoms with E-state index in [1.54, 1.807) is 18.3 Å². The number of aromatic nitrogens is 1. The van der Waals surface area contributed by atoms with E-state index < -0.39 is 0 Å². The van der Waals surface area contributed by atoms with E-state index in [2.05, 4.69) is 15.2 Å². The van der Waals surface area contributed by atoms with E-state index in [1.165, 1.54) is 6.07 Å². The smallest absolute Gasteiger partial charge is 0.141 e. The van der Waals surface area contributed by atoms with Crippen LogP contribution in [0.25, 0.3) is 0 Å². The fourth-order valence-corrected chi connectivity index (χ4v) is 2.63. The van der Waals surface area contributed by atoms with Crippen molar-refractivity contribution in [2.75, 3.05) is 23.3 Å². The molecule has 0 saturated carbocycles. The number of nitrogens with one attached hydrogen (secondary N) is 1. The summed E-state index contributed by atoms with van der Waals surface area (Å²) >= 11 is 5.83. The number of hydrogen-bond acceptors (Lipinski definition) is 3. The molecule has 0 aliphatic carbocycles. The van der Waals surface area contributed by atoms with Gasteiger partial charge < -0.3 is 10.2 Å². The molecule has 104 valence electrons. The van der Waals surface area contributed by atoms with Gasteiger partial charge in [-0.15, -0.1) is 0 Å². The third-order valence-corrected chi connectivity index (χ3v) is 3.76. The molecule has 1 saturated heterocycles. The lowest BCUT2D eigenvalue weighted by Gasteiger charge is -2.19. The van der Waals surface area contributed by atoms with Gasteiger partial charge in [0.1, 0.15) is 11.6 Å². The summed E-state index contributed by atoms with van der Waals surface area (Å²) in [6.07, 6.45) is 2.79. The monoisotopic (exact) mass is 291 g/mol. The third kappa shape index (κ3) is 2.85. The highest BCUT2D eigenvalue weighted by Crippen LogP contribution is 2.26. The second kappa shape index (κ2) is 5.67. The molecule has 1 aliphatic heterocycles. The lowest BCUT2D eigenvalue weighted by atomic mass is 10.2. The standard InChI is InChI=1S/C15H15ClFN3/c16-13-9-12(4-5-14(13)17)20-8-6-11(10-20)19-15-3-1-2-7-18-15/h1-5,7,9,11H,6,8,10H2,(H,18,19). The number of hydrogen-bond donors (Lipinski definition) is 1. The Labute approximate surface area is 122 Å². The van der Waals surface area contributed by atoms with Crippen LogP contribution in [0.3, 0.4) is 0 Å². The Morgan fingerprint density at radius 2 is 2.20 bits per heavy atom. The Balaban J connectivity index is 1.66. The molecule has 1 aromatic carbocycles. The number of anilines is 2. The Hall–Kier alpha value is -1.81. The SMILES string of the molecule is Fc1ccc(N2CCC(Nc3ccccn3)C2)cc1Cl. The molecule has 1 unspecified atom stereocenters. The van der Waals surface area contributed by atoms with Gasteiger partial charge in [-0.2, -0.15) is 0 Å². The maximum atomic E-state index is 13.2. The molecule has 20 heavy (non-hydrogen) atoms. The molecule has 0 radical (unpaired) electrons. The summed E-state index contributed by atoms with van der Waals surface area (Å²) in [6.45, 7) is 1.78. The molecule has 0 amide bonds. The second-order valence-corrected chi connectivity index (χ2v) is 5.30. The van der Waals surface area contributed by atoms with Gasteiger partial charge in [0.15, 0.2) is 0 Å². The lowest BCUT2D eigenvalue weighted by molar-refractivity contribution is 0.628. The third-order valence-electron chi connectivity index (χ3n) is 3.47. The first kappa shape index (κ1) is 13.2. The highest BCUT2D eigenvalue weighted by molar-refractivity contribution is 6.31. The van der Waals surface area contributed by atoms with Crippen LogP contribution in [-0.4, -0.2) is 24.1 Å². The Kier molecular flexibility index (Phi) is 3.74. The minimum Gasteiger partial charge on any atom is -0.369 e. The van der Waals surface area contributed by atoms with Crippen LogP contribution in [0.2, 0.25) is 5.02 Å². The first-order chi connectivity index (χ1) is 9.72. The molecule has 1 fully saturated rings. The molecule has 5 heteroatoms. The maximum Gasteiger partial charge on any atom is 0.141 e. The van der Waals surface area contributed by atoms with Gasteiger partial charge in [-0.3, -0.25) is 0 Å². The van der Waals surface area contributed by atoms with Gasteiger partial charge in [-0.25, -0.2) is 9.37 Å². The molecule has 0 bridgehead atoms. The summed E-state index contributed by atoms with van der Waals surface area (Å²) in [6, 6.07) is 11.0. The highest BCUT2D eigenvalue weighted by Gasteiger charge is 2.23. The van der Waals surface area contributed by atoms with Gasteiger partial charge >= 0.3 is 0 Å². The zero-order valence-corrected chi connectivity index (χ0v) is 11.6. The molecule has 1 aromatic heterocycles. The molecule has 1 atom stereocenters. The molecule has 1 aliphatic rings. The number of nitrogens with zero attached hydrogens (tertiary/aromatic N) is 2. The number of rotatable bonds is 3. The van der Waals surface area contributed by atoms with Gasteiger partial charge in [0.05, 0.1) is 5.02 Å². The van der Waals surface area contributed by atoms with Gasteiger partial charge in [-0.05, 0) is 36.8 Å². The molecule has 3 nitrogen and oxygen atoms in total. The van der Waals surface area contributed by atoms with Crippen LogP contribution in [0.5, 0.6) is 0 Å². The number of benzene rings is 1. The van der Waals surface area contributed by atoms with Crippen molar-refractivity contribution >= 4 is 23.1 Å². The summed E-state index contributed by atoms with van der Waals surface area (Å²) in [7, 11) is 0. The van der Waals surface area contributed by atoms with Crippen molar-refractivity contribution in [2.24, 2.45) is 0 Å². The van der Waals surface area contributed by atoms with Crippen molar-refractivity contribution in [1.82, 2.24) is 4.98 Å². The van der Waals surface area contributed by atoms with Crippen molar-refractivity contribution in [2.45, 2.75) is 12.5 Å². The normalized spacial score (nSPS) is 18.3. The molecule has 3 rings (SSSR count). The average molecular weight is 292 g/mol. The Bertz CT molecular complexity index is 591.